The van der Waals surface area contributed by atoms with Crippen LogP contribution in [0.4, 0.5) is 8.78 Å². The van der Waals surface area contributed by atoms with Crippen molar-refractivity contribution in [2.45, 2.75) is 51.7 Å². The molecule has 1 heterocycles. The molecule has 0 radical (unpaired) electrons. The Morgan fingerprint density at radius 2 is 1.71 bits per heavy atom. The Morgan fingerprint density at radius 1 is 1.05 bits per heavy atom. The first kappa shape index (κ1) is 16.6. The third-order valence-electron chi connectivity index (χ3n) is 4.64. The lowest BCUT2D eigenvalue weighted by Crippen LogP contribution is -2.37. The van der Waals surface area contributed by atoms with E-state index in [1.807, 2.05) is 0 Å². The molecule has 2 nitrogen and oxygen atoms in total. The lowest BCUT2D eigenvalue weighted by Gasteiger charge is -2.37. The van der Waals surface area contributed by atoms with Gasteiger partial charge < -0.3 is 9.47 Å². The zero-order valence-corrected chi connectivity index (χ0v) is 12.8. The molecule has 0 aromatic rings. The Balaban J connectivity index is 1.66. The molecule has 21 heavy (non-hydrogen) atoms. The average molecular weight is 300 g/mol. The highest BCUT2D eigenvalue weighted by atomic mass is 19.3. The molecule has 0 amide bonds. The van der Waals surface area contributed by atoms with Crippen LogP contribution in [0.3, 0.4) is 0 Å². The van der Waals surface area contributed by atoms with E-state index in [1.165, 1.54) is 25.7 Å². The highest BCUT2D eigenvalue weighted by molar-refractivity contribution is 4.90. The largest absolute Gasteiger partial charge is 0.352 e. The lowest BCUT2D eigenvalue weighted by molar-refractivity contribution is -0.211. The Hall–Kier alpha value is -0.740. The second kappa shape index (κ2) is 8.64. The minimum atomic E-state index is -1.62. The topological polar surface area (TPSA) is 18.5 Å². The van der Waals surface area contributed by atoms with Gasteiger partial charge in [0, 0.05) is 12.3 Å². The minimum absolute atomic E-state index is 0.309. The van der Waals surface area contributed by atoms with Crippen molar-refractivity contribution in [1.29, 1.82) is 0 Å². The van der Waals surface area contributed by atoms with E-state index in [2.05, 4.69) is 19.1 Å². The van der Waals surface area contributed by atoms with Crippen molar-refractivity contribution in [2.24, 2.45) is 17.8 Å². The summed E-state index contributed by atoms with van der Waals surface area (Å²) in [4.78, 5) is 0. The van der Waals surface area contributed by atoms with Gasteiger partial charge in [0.1, 0.15) is 0 Å². The Kier molecular flexibility index (Phi) is 6.84. The minimum Gasteiger partial charge on any atom is -0.352 e. The summed E-state index contributed by atoms with van der Waals surface area (Å²) in [7, 11) is 0. The number of allylic oxidation sites excluding steroid dienone is 3. The van der Waals surface area contributed by atoms with Crippen LogP contribution in [-0.4, -0.2) is 19.5 Å². The first-order chi connectivity index (χ1) is 10.2. The highest BCUT2D eigenvalue weighted by Crippen LogP contribution is 2.36. The van der Waals surface area contributed by atoms with E-state index in [-0.39, 0.29) is 6.29 Å². The molecule has 2 aliphatic rings. The summed E-state index contributed by atoms with van der Waals surface area (Å²) < 4.78 is 35.3. The van der Waals surface area contributed by atoms with Crippen LogP contribution in [0.1, 0.15) is 45.4 Å². The van der Waals surface area contributed by atoms with Gasteiger partial charge in [-0.05, 0) is 56.9 Å². The Bertz CT molecular complexity index is 348. The molecule has 0 aromatic carbocycles. The molecule has 1 saturated carbocycles. The third-order valence-corrected chi connectivity index (χ3v) is 4.64. The molecule has 1 aliphatic heterocycles. The van der Waals surface area contributed by atoms with Crippen LogP contribution in [0.15, 0.2) is 24.3 Å². The summed E-state index contributed by atoms with van der Waals surface area (Å²) in [6, 6.07) is 0. The molecule has 0 N–H and O–H groups in total. The van der Waals surface area contributed by atoms with Gasteiger partial charge >= 0.3 is 0 Å². The van der Waals surface area contributed by atoms with Crippen molar-refractivity contribution < 1.29 is 18.3 Å². The molecular weight excluding hydrogens is 274 g/mol. The quantitative estimate of drug-likeness (QED) is 0.671. The molecule has 0 aromatic heterocycles. The van der Waals surface area contributed by atoms with E-state index in [4.69, 9.17) is 9.47 Å². The number of rotatable bonds is 5. The molecule has 4 heteroatoms. The average Bonchev–Trinajstić information content (AvgIpc) is 2.49. The lowest BCUT2D eigenvalue weighted by atomic mass is 9.76. The van der Waals surface area contributed by atoms with Crippen LogP contribution in [0, 0.1) is 17.8 Å². The van der Waals surface area contributed by atoms with Gasteiger partial charge in [0.2, 0.25) is 0 Å². The SMILES string of the molecule is C/C=C/C1CCC(C2COC(CCC=C(F)F)OC2)CC1. The molecule has 0 spiro atoms. The van der Waals surface area contributed by atoms with Crippen molar-refractivity contribution in [3.63, 3.8) is 0 Å². The summed E-state index contributed by atoms with van der Waals surface area (Å²) >= 11 is 0. The van der Waals surface area contributed by atoms with Crippen molar-refractivity contribution in [1.82, 2.24) is 0 Å². The Labute approximate surface area is 126 Å². The van der Waals surface area contributed by atoms with E-state index < -0.39 is 6.08 Å². The fourth-order valence-electron chi connectivity index (χ4n) is 3.41. The smallest absolute Gasteiger partial charge is 0.266 e. The predicted molar refractivity (Wildman–Crippen MR) is 79.0 cm³/mol. The van der Waals surface area contributed by atoms with E-state index >= 15 is 0 Å². The molecule has 0 atom stereocenters. The monoisotopic (exact) mass is 300 g/mol. The summed E-state index contributed by atoms with van der Waals surface area (Å²) in [6.07, 6.45) is 9.29. The van der Waals surface area contributed by atoms with Crippen molar-refractivity contribution in [2.75, 3.05) is 13.2 Å². The van der Waals surface area contributed by atoms with Gasteiger partial charge in [-0.3, -0.25) is 0 Å². The van der Waals surface area contributed by atoms with Gasteiger partial charge in [-0.25, -0.2) is 0 Å². The molecule has 120 valence electrons. The summed E-state index contributed by atoms with van der Waals surface area (Å²) in [5.74, 6) is 1.91. The van der Waals surface area contributed by atoms with E-state index in [0.29, 0.717) is 37.9 Å². The first-order valence-electron chi connectivity index (χ1n) is 8.06. The maximum atomic E-state index is 12.0. The molecular formula is C17H26F2O2. The van der Waals surface area contributed by atoms with Crippen LogP contribution in [0.25, 0.3) is 0 Å². The van der Waals surface area contributed by atoms with Crippen LogP contribution in [0.5, 0.6) is 0 Å². The summed E-state index contributed by atoms with van der Waals surface area (Å²) in [5, 5.41) is 0. The number of hydrogen-bond donors (Lipinski definition) is 0. The number of halogens is 2. The van der Waals surface area contributed by atoms with Gasteiger partial charge in [-0.2, -0.15) is 8.78 Å². The molecule has 2 rings (SSSR count). The van der Waals surface area contributed by atoms with Crippen molar-refractivity contribution in [3.05, 3.63) is 24.3 Å². The van der Waals surface area contributed by atoms with Gasteiger partial charge in [0.05, 0.1) is 13.2 Å². The molecule has 2 fully saturated rings. The zero-order chi connectivity index (χ0) is 15.1. The fraction of sp³-hybridized carbons (Fsp3) is 0.765. The van der Waals surface area contributed by atoms with E-state index in [1.54, 1.807) is 0 Å². The van der Waals surface area contributed by atoms with Crippen molar-refractivity contribution >= 4 is 0 Å². The van der Waals surface area contributed by atoms with Crippen LogP contribution >= 0.6 is 0 Å². The van der Waals surface area contributed by atoms with E-state index in [9.17, 15) is 8.78 Å². The summed E-state index contributed by atoms with van der Waals surface area (Å²) in [6.45, 7) is 3.51. The van der Waals surface area contributed by atoms with Gasteiger partial charge in [-0.1, -0.05) is 12.2 Å². The number of hydrogen-bond acceptors (Lipinski definition) is 2. The molecule has 0 bridgehead atoms. The van der Waals surface area contributed by atoms with E-state index in [0.717, 1.165) is 12.0 Å². The van der Waals surface area contributed by atoms with Crippen molar-refractivity contribution in [3.8, 4) is 0 Å². The maximum Gasteiger partial charge on any atom is 0.266 e. The summed E-state index contributed by atoms with van der Waals surface area (Å²) in [5.41, 5.74) is 0. The molecule has 0 unspecified atom stereocenters. The van der Waals surface area contributed by atoms with Crippen LogP contribution < -0.4 is 0 Å². The second-order valence-corrected chi connectivity index (χ2v) is 6.13. The number of ether oxygens (including phenoxy) is 2. The molecule has 1 saturated heterocycles. The normalized spacial score (nSPS) is 34.0. The standard InChI is InChI=1S/C17H26F2O2/c1-2-4-13-7-9-14(10-8-13)15-11-20-17(21-12-15)6-3-5-16(18)19/h2,4-5,13-15,17H,3,6-12H2,1H3/b4-2+. The Morgan fingerprint density at radius 3 is 2.29 bits per heavy atom. The maximum absolute atomic E-state index is 12.0. The molecule has 1 aliphatic carbocycles. The predicted octanol–water partition coefficient (Wildman–Crippen LogP) is 4.92. The van der Waals surface area contributed by atoms with Gasteiger partial charge in [0.15, 0.2) is 6.29 Å². The zero-order valence-electron chi connectivity index (χ0n) is 12.8. The fourth-order valence-corrected chi connectivity index (χ4v) is 3.41. The van der Waals surface area contributed by atoms with Crippen LogP contribution in [-0.2, 0) is 9.47 Å². The first-order valence-corrected chi connectivity index (χ1v) is 8.06. The van der Waals surface area contributed by atoms with Gasteiger partial charge in [0.25, 0.3) is 6.08 Å². The second-order valence-electron chi connectivity index (χ2n) is 6.13. The van der Waals surface area contributed by atoms with Crippen LogP contribution in [0.2, 0.25) is 0 Å². The van der Waals surface area contributed by atoms with Gasteiger partial charge in [-0.15, -0.1) is 0 Å². The third kappa shape index (κ3) is 5.51. The highest BCUT2D eigenvalue weighted by Gasteiger charge is 2.31.